The zero-order chi connectivity index (χ0) is 26.3. The standard InChI is InChI=1S/C30H30N2O4S/c1-5-36-30(35)25-22-12-8-9-13-24(22)37-29(25)32-27(33)21-11-7-6-10-20(21)23(28(32)34)16-31-26-18(3)14-17(2)15-19(26)4/h6-7,10-11,14-16,34H,5,8-9,12-13H2,1-4H3. The molecule has 0 fully saturated rings. The van der Waals surface area contributed by atoms with E-state index in [1.54, 1.807) is 25.3 Å². The molecule has 1 aliphatic carbocycles. The van der Waals surface area contributed by atoms with Crippen molar-refractivity contribution in [1.82, 2.24) is 4.57 Å². The number of hydrogen-bond donors (Lipinski definition) is 1. The third kappa shape index (κ3) is 4.37. The van der Waals surface area contributed by atoms with Gasteiger partial charge in [-0.3, -0.25) is 9.79 Å². The molecule has 0 unspecified atom stereocenters. The lowest BCUT2D eigenvalue weighted by atomic mass is 9.95. The third-order valence-electron chi connectivity index (χ3n) is 6.90. The lowest BCUT2D eigenvalue weighted by Crippen LogP contribution is -2.22. The predicted molar refractivity (Wildman–Crippen MR) is 150 cm³/mol. The van der Waals surface area contributed by atoms with Gasteiger partial charge in [-0.2, -0.15) is 0 Å². The molecule has 190 valence electrons. The first kappa shape index (κ1) is 25.0. The van der Waals surface area contributed by atoms with E-state index in [9.17, 15) is 14.7 Å². The SMILES string of the molecule is CCOC(=O)c1c(-n2c(O)c(C=Nc3c(C)cc(C)cc3C)c3ccccc3c2=O)sc2c1CCCC2. The highest BCUT2D eigenvalue weighted by atomic mass is 32.1. The summed E-state index contributed by atoms with van der Waals surface area (Å²) in [6.07, 6.45) is 5.22. The van der Waals surface area contributed by atoms with E-state index < -0.39 is 5.97 Å². The quantitative estimate of drug-likeness (QED) is 0.244. The molecular formula is C30H30N2O4S. The van der Waals surface area contributed by atoms with Gasteiger partial charge in [0.1, 0.15) is 5.00 Å². The Hall–Kier alpha value is -3.71. The molecule has 0 aliphatic heterocycles. The minimum Gasteiger partial charge on any atom is -0.494 e. The Morgan fingerprint density at radius 1 is 1.11 bits per heavy atom. The summed E-state index contributed by atoms with van der Waals surface area (Å²) in [7, 11) is 0. The maximum Gasteiger partial charge on any atom is 0.341 e. The van der Waals surface area contributed by atoms with Gasteiger partial charge >= 0.3 is 5.97 Å². The number of rotatable bonds is 5. The Bertz CT molecular complexity index is 1600. The van der Waals surface area contributed by atoms with E-state index >= 15 is 0 Å². The number of aromatic hydroxyl groups is 1. The molecule has 1 aliphatic rings. The summed E-state index contributed by atoms with van der Waals surface area (Å²) in [4.78, 5) is 32.7. The van der Waals surface area contributed by atoms with Crippen molar-refractivity contribution in [3.63, 3.8) is 0 Å². The Morgan fingerprint density at radius 3 is 2.49 bits per heavy atom. The topological polar surface area (TPSA) is 80.9 Å². The Morgan fingerprint density at radius 2 is 1.78 bits per heavy atom. The van der Waals surface area contributed by atoms with E-state index in [1.165, 1.54) is 15.9 Å². The van der Waals surface area contributed by atoms with Gasteiger partial charge in [-0.25, -0.2) is 9.36 Å². The summed E-state index contributed by atoms with van der Waals surface area (Å²) >= 11 is 1.39. The molecule has 2 heterocycles. The van der Waals surface area contributed by atoms with Crippen molar-refractivity contribution in [3.05, 3.63) is 85.0 Å². The lowest BCUT2D eigenvalue weighted by molar-refractivity contribution is 0.0525. The number of aromatic nitrogens is 1. The van der Waals surface area contributed by atoms with Crippen LogP contribution >= 0.6 is 11.3 Å². The molecule has 0 amide bonds. The van der Waals surface area contributed by atoms with E-state index in [2.05, 4.69) is 12.1 Å². The number of aryl methyl sites for hydroxylation is 4. The number of benzene rings is 2. The average Bonchev–Trinajstić information content (AvgIpc) is 3.24. The van der Waals surface area contributed by atoms with Crippen molar-refractivity contribution in [2.45, 2.75) is 53.4 Å². The van der Waals surface area contributed by atoms with Gasteiger partial charge in [0.2, 0.25) is 5.88 Å². The molecule has 0 saturated heterocycles. The van der Waals surface area contributed by atoms with Crippen molar-refractivity contribution in [2.24, 2.45) is 4.99 Å². The van der Waals surface area contributed by atoms with Crippen LogP contribution in [-0.2, 0) is 17.6 Å². The number of carbonyl (C=O) groups excluding carboxylic acids is 1. The molecule has 0 bridgehead atoms. The summed E-state index contributed by atoms with van der Waals surface area (Å²) < 4.78 is 6.67. The fraction of sp³-hybridized carbons (Fsp3) is 0.300. The zero-order valence-electron chi connectivity index (χ0n) is 21.6. The number of carbonyl (C=O) groups is 1. The Balaban J connectivity index is 1.79. The van der Waals surface area contributed by atoms with Crippen LogP contribution in [0, 0.1) is 20.8 Å². The number of fused-ring (bicyclic) bond motifs is 2. The van der Waals surface area contributed by atoms with Gasteiger partial charge in [-0.15, -0.1) is 11.3 Å². The molecule has 7 heteroatoms. The first-order valence-electron chi connectivity index (χ1n) is 12.6. The molecule has 0 spiro atoms. The number of nitrogens with zero attached hydrogens (tertiary/aromatic N) is 2. The monoisotopic (exact) mass is 514 g/mol. The number of pyridine rings is 1. The maximum absolute atomic E-state index is 13.8. The smallest absolute Gasteiger partial charge is 0.341 e. The van der Waals surface area contributed by atoms with Crippen LogP contribution in [0.15, 0.2) is 46.2 Å². The van der Waals surface area contributed by atoms with E-state index in [4.69, 9.17) is 9.73 Å². The highest BCUT2D eigenvalue weighted by Crippen LogP contribution is 2.39. The van der Waals surface area contributed by atoms with Crippen LogP contribution in [0.4, 0.5) is 5.69 Å². The molecule has 2 aromatic heterocycles. The number of aliphatic imine (C=N–C) groups is 1. The van der Waals surface area contributed by atoms with Crippen molar-refractivity contribution in [1.29, 1.82) is 0 Å². The molecule has 0 radical (unpaired) electrons. The van der Waals surface area contributed by atoms with Gasteiger partial charge < -0.3 is 9.84 Å². The highest BCUT2D eigenvalue weighted by molar-refractivity contribution is 7.15. The first-order chi connectivity index (χ1) is 17.8. The molecule has 0 atom stereocenters. The maximum atomic E-state index is 13.8. The van der Waals surface area contributed by atoms with Crippen LogP contribution in [0.1, 0.15) is 62.8 Å². The summed E-state index contributed by atoms with van der Waals surface area (Å²) in [5.41, 5.74) is 5.41. The van der Waals surface area contributed by atoms with Crippen molar-refractivity contribution in [3.8, 4) is 10.9 Å². The van der Waals surface area contributed by atoms with E-state index in [0.717, 1.165) is 58.5 Å². The largest absolute Gasteiger partial charge is 0.494 e. The second-order valence-electron chi connectivity index (χ2n) is 9.54. The fourth-order valence-electron chi connectivity index (χ4n) is 5.31. The van der Waals surface area contributed by atoms with Gasteiger partial charge in [0.15, 0.2) is 0 Å². The van der Waals surface area contributed by atoms with Crippen LogP contribution in [0.25, 0.3) is 15.8 Å². The highest BCUT2D eigenvalue weighted by Gasteiger charge is 2.30. The van der Waals surface area contributed by atoms with Crippen LogP contribution in [-0.4, -0.2) is 28.5 Å². The molecule has 4 aromatic rings. The molecule has 0 saturated carbocycles. The minimum absolute atomic E-state index is 0.231. The summed E-state index contributed by atoms with van der Waals surface area (Å²) in [5.74, 6) is -0.698. The van der Waals surface area contributed by atoms with Gasteiger partial charge in [0, 0.05) is 21.9 Å². The van der Waals surface area contributed by atoms with Gasteiger partial charge in [-0.05, 0) is 76.1 Å². The Kier molecular flexibility index (Phi) is 6.73. The van der Waals surface area contributed by atoms with Crippen molar-refractivity contribution in [2.75, 3.05) is 6.61 Å². The average molecular weight is 515 g/mol. The summed E-state index contributed by atoms with van der Waals surface area (Å²) in [6, 6.07) is 11.3. The number of esters is 1. The molecule has 5 rings (SSSR count). The van der Waals surface area contributed by atoms with Crippen molar-refractivity contribution < 1.29 is 14.6 Å². The first-order valence-corrected chi connectivity index (χ1v) is 13.4. The summed E-state index contributed by atoms with van der Waals surface area (Å²) in [6.45, 7) is 8.06. The van der Waals surface area contributed by atoms with E-state index in [-0.39, 0.29) is 18.0 Å². The van der Waals surface area contributed by atoms with Crippen LogP contribution < -0.4 is 5.56 Å². The number of ether oxygens (including phenoxy) is 1. The second kappa shape index (κ2) is 9.98. The molecule has 1 N–H and O–H groups in total. The number of hydrogen-bond acceptors (Lipinski definition) is 6. The third-order valence-corrected chi connectivity index (χ3v) is 8.17. The molecule has 2 aromatic carbocycles. The lowest BCUT2D eigenvalue weighted by Gasteiger charge is -2.15. The van der Waals surface area contributed by atoms with Crippen LogP contribution in [0.3, 0.4) is 0 Å². The summed E-state index contributed by atoms with van der Waals surface area (Å²) in [5, 5.41) is 13.1. The second-order valence-corrected chi connectivity index (χ2v) is 10.6. The van der Waals surface area contributed by atoms with Gasteiger partial charge in [0.05, 0.1) is 23.4 Å². The molecule has 37 heavy (non-hydrogen) atoms. The molecule has 6 nitrogen and oxygen atoms in total. The zero-order valence-corrected chi connectivity index (χ0v) is 22.4. The van der Waals surface area contributed by atoms with E-state index in [1.807, 2.05) is 32.9 Å². The van der Waals surface area contributed by atoms with Gasteiger partial charge in [-0.1, -0.05) is 35.9 Å². The predicted octanol–water partition coefficient (Wildman–Crippen LogP) is 6.49. The van der Waals surface area contributed by atoms with Crippen LogP contribution in [0.2, 0.25) is 0 Å². The van der Waals surface area contributed by atoms with Crippen molar-refractivity contribution >= 4 is 40.0 Å². The Labute approximate surface area is 219 Å². The molecular weight excluding hydrogens is 484 g/mol. The van der Waals surface area contributed by atoms with Gasteiger partial charge in [0.25, 0.3) is 5.56 Å². The van der Waals surface area contributed by atoms with Crippen LogP contribution in [0.5, 0.6) is 5.88 Å². The number of thiophene rings is 1. The fourth-order valence-corrected chi connectivity index (χ4v) is 6.68. The minimum atomic E-state index is -0.461. The normalized spacial score (nSPS) is 13.3. The van der Waals surface area contributed by atoms with E-state index in [0.29, 0.717) is 26.9 Å².